The maximum atomic E-state index is 12.6. The highest BCUT2D eigenvalue weighted by Crippen LogP contribution is 2.21. The highest BCUT2D eigenvalue weighted by molar-refractivity contribution is 7.99. The number of benzene rings is 1. The molecule has 1 heterocycles. The molecule has 1 aromatic carbocycles. The molecular formula is C16H21N3O4S2. The number of aryl methyl sites for hydroxylation is 1. The monoisotopic (exact) mass is 383 g/mol. The van der Waals surface area contributed by atoms with Crippen molar-refractivity contribution in [3.8, 4) is 0 Å². The van der Waals surface area contributed by atoms with Crippen molar-refractivity contribution in [2.45, 2.75) is 43.1 Å². The summed E-state index contributed by atoms with van der Waals surface area (Å²) in [5.74, 6) is -0.116. The van der Waals surface area contributed by atoms with Gasteiger partial charge in [0.25, 0.3) is 0 Å². The highest BCUT2D eigenvalue weighted by Gasteiger charge is 2.21. The van der Waals surface area contributed by atoms with Crippen LogP contribution in [0.3, 0.4) is 0 Å². The lowest BCUT2D eigenvalue weighted by Gasteiger charge is -2.08. The van der Waals surface area contributed by atoms with Gasteiger partial charge in [0, 0.05) is 6.54 Å². The zero-order valence-electron chi connectivity index (χ0n) is 14.4. The van der Waals surface area contributed by atoms with Gasteiger partial charge in [-0.25, -0.2) is 8.42 Å². The largest absolute Gasteiger partial charge is 0.465 e. The molecule has 0 bridgehead atoms. The van der Waals surface area contributed by atoms with E-state index >= 15 is 0 Å². The molecule has 0 radical (unpaired) electrons. The van der Waals surface area contributed by atoms with Gasteiger partial charge in [0.1, 0.15) is 11.6 Å². The van der Waals surface area contributed by atoms with Gasteiger partial charge in [0.2, 0.25) is 0 Å². The molecule has 136 valence electrons. The van der Waals surface area contributed by atoms with E-state index in [1.54, 1.807) is 35.8 Å². The zero-order valence-corrected chi connectivity index (χ0v) is 16.1. The number of hydrogen-bond donors (Lipinski definition) is 0. The Balaban J connectivity index is 2.17. The predicted octanol–water partition coefficient (Wildman–Crippen LogP) is 2.24. The SMILES string of the molecule is CCOC(=O)CSc1nnc(CS(=O)(=O)c2ccc(C)cc2)n1CC. The number of thioether (sulfide) groups is 1. The van der Waals surface area contributed by atoms with Crippen LogP contribution in [-0.2, 0) is 31.7 Å². The molecule has 9 heteroatoms. The van der Waals surface area contributed by atoms with E-state index in [2.05, 4.69) is 10.2 Å². The summed E-state index contributed by atoms with van der Waals surface area (Å²) >= 11 is 1.18. The Morgan fingerprint density at radius 1 is 1.20 bits per heavy atom. The maximum Gasteiger partial charge on any atom is 0.316 e. The molecule has 0 saturated carbocycles. The first-order chi connectivity index (χ1) is 11.9. The molecule has 0 atom stereocenters. The van der Waals surface area contributed by atoms with Crippen LogP contribution in [0.1, 0.15) is 25.2 Å². The summed E-state index contributed by atoms with van der Waals surface area (Å²) in [5, 5.41) is 8.52. The van der Waals surface area contributed by atoms with Crippen molar-refractivity contribution in [2.75, 3.05) is 12.4 Å². The van der Waals surface area contributed by atoms with Crippen molar-refractivity contribution in [1.29, 1.82) is 0 Å². The molecule has 0 aliphatic rings. The summed E-state index contributed by atoms with van der Waals surface area (Å²) in [5.41, 5.74) is 0.994. The van der Waals surface area contributed by atoms with Crippen molar-refractivity contribution in [3.05, 3.63) is 35.7 Å². The second-order valence-corrected chi connectivity index (χ2v) is 8.24. The molecule has 7 nitrogen and oxygen atoms in total. The maximum absolute atomic E-state index is 12.6. The van der Waals surface area contributed by atoms with Crippen molar-refractivity contribution in [1.82, 2.24) is 14.8 Å². The molecule has 0 N–H and O–H groups in total. The van der Waals surface area contributed by atoms with Gasteiger partial charge in [-0.05, 0) is 32.9 Å². The third kappa shape index (κ3) is 5.05. The first-order valence-corrected chi connectivity index (χ1v) is 10.5. The normalized spacial score (nSPS) is 11.5. The Kier molecular flexibility index (Phi) is 6.60. The Hall–Kier alpha value is -1.87. The molecule has 0 saturated heterocycles. The number of esters is 1. The fourth-order valence-corrected chi connectivity index (χ4v) is 4.27. The van der Waals surface area contributed by atoms with E-state index in [1.807, 2.05) is 13.8 Å². The smallest absolute Gasteiger partial charge is 0.316 e. The Labute approximate surface area is 151 Å². The third-order valence-corrected chi connectivity index (χ3v) is 6.00. The van der Waals surface area contributed by atoms with Gasteiger partial charge in [-0.2, -0.15) is 0 Å². The van der Waals surface area contributed by atoms with E-state index in [-0.39, 0.29) is 22.4 Å². The molecule has 0 unspecified atom stereocenters. The third-order valence-electron chi connectivity index (χ3n) is 3.43. The molecule has 25 heavy (non-hydrogen) atoms. The van der Waals surface area contributed by atoms with Crippen LogP contribution in [0.2, 0.25) is 0 Å². The fourth-order valence-electron chi connectivity index (χ4n) is 2.18. The number of carbonyl (C=O) groups is 1. The van der Waals surface area contributed by atoms with Crippen LogP contribution in [0.5, 0.6) is 0 Å². The van der Waals surface area contributed by atoms with Crippen LogP contribution in [0, 0.1) is 6.92 Å². The second-order valence-electron chi connectivity index (χ2n) is 5.31. The topological polar surface area (TPSA) is 91.2 Å². The summed E-state index contributed by atoms with van der Waals surface area (Å²) in [4.78, 5) is 11.7. The number of aromatic nitrogens is 3. The molecule has 0 aliphatic heterocycles. The molecule has 0 aliphatic carbocycles. The van der Waals surface area contributed by atoms with E-state index in [9.17, 15) is 13.2 Å². The minimum absolute atomic E-state index is 0.108. The van der Waals surface area contributed by atoms with Crippen LogP contribution >= 0.6 is 11.8 Å². The van der Waals surface area contributed by atoms with E-state index in [0.717, 1.165) is 5.56 Å². The van der Waals surface area contributed by atoms with E-state index < -0.39 is 9.84 Å². The van der Waals surface area contributed by atoms with Gasteiger partial charge in [-0.3, -0.25) is 4.79 Å². The van der Waals surface area contributed by atoms with E-state index in [1.165, 1.54) is 11.8 Å². The number of carbonyl (C=O) groups excluding carboxylic acids is 1. The van der Waals surface area contributed by atoms with Crippen LogP contribution in [0.15, 0.2) is 34.3 Å². The lowest BCUT2D eigenvalue weighted by molar-refractivity contribution is -0.139. The van der Waals surface area contributed by atoms with Gasteiger partial charge in [0.05, 0.1) is 17.3 Å². The summed E-state index contributed by atoms with van der Waals surface area (Å²) < 4.78 is 31.7. The van der Waals surface area contributed by atoms with Crippen LogP contribution < -0.4 is 0 Å². The number of hydrogen-bond acceptors (Lipinski definition) is 7. The number of sulfone groups is 1. The number of rotatable bonds is 8. The molecular weight excluding hydrogens is 362 g/mol. The average Bonchev–Trinajstić information content (AvgIpc) is 2.94. The lowest BCUT2D eigenvalue weighted by atomic mass is 10.2. The zero-order chi connectivity index (χ0) is 18.4. The van der Waals surface area contributed by atoms with Crippen molar-refractivity contribution < 1.29 is 17.9 Å². The van der Waals surface area contributed by atoms with E-state index in [4.69, 9.17) is 4.74 Å². The minimum Gasteiger partial charge on any atom is -0.465 e. The first-order valence-electron chi connectivity index (χ1n) is 7.87. The fraction of sp³-hybridized carbons (Fsp3) is 0.438. The van der Waals surface area contributed by atoms with Gasteiger partial charge < -0.3 is 9.30 Å². The molecule has 2 rings (SSSR count). The molecule has 0 spiro atoms. The summed E-state index contributed by atoms with van der Waals surface area (Å²) in [6, 6.07) is 6.71. The Morgan fingerprint density at radius 2 is 1.88 bits per heavy atom. The lowest BCUT2D eigenvalue weighted by Crippen LogP contribution is -2.12. The van der Waals surface area contributed by atoms with Crippen molar-refractivity contribution >= 4 is 27.6 Å². The van der Waals surface area contributed by atoms with Gasteiger partial charge in [0.15, 0.2) is 15.0 Å². The number of ether oxygens (including phenoxy) is 1. The standard InChI is InChI=1S/C16H21N3O4S2/c1-4-19-14(17-18-16(19)24-10-15(20)23-5-2)11-25(21,22)13-8-6-12(3)7-9-13/h6-9H,4-5,10-11H2,1-3H3. The Bertz CT molecular complexity index is 830. The van der Waals surface area contributed by atoms with Crippen LogP contribution in [0.25, 0.3) is 0 Å². The van der Waals surface area contributed by atoms with Gasteiger partial charge >= 0.3 is 5.97 Å². The Morgan fingerprint density at radius 3 is 2.48 bits per heavy atom. The van der Waals surface area contributed by atoms with Crippen LogP contribution in [-0.4, -0.2) is 41.5 Å². The molecule has 0 fully saturated rings. The van der Waals surface area contributed by atoms with Gasteiger partial charge in [-0.15, -0.1) is 10.2 Å². The molecule has 1 aromatic heterocycles. The number of nitrogens with zero attached hydrogens (tertiary/aromatic N) is 3. The van der Waals surface area contributed by atoms with E-state index in [0.29, 0.717) is 24.1 Å². The quantitative estimate of drug-likeness (QED) is 0.510. The van der Waals surface area contributed by atoms with Crippen molar-refractivity contribution in [2.24, 2.45) is 0 Å². The minimum atomic E-state index is -3.51. The molecule has 0 amide bonds. The van der Waals surface area contributed by atoms with Crippen LogP contribution in [0.4, 0.5) is 0 Å². The average molecular weight is 383 g/mol. The van der Waals surface area contributed by atoms with Crippen molar-refractivity contribution in [3.63, 3.8) is 0 Å². The highest BCUT2D eigenvalue weighted by atomic mass is 32.2. The van der Waals surface area contributed by atoms with Gasteiger partial charge in [-0.1, -0.05) is 29.5 Å². The predicted molar refractivity (Wildman–Crippen MR) is 95.1 cm³/mol. The first kappa shape index (κ1) is 19.5. The summed E-state index contributed by atoms with van der Waals surface area (Å²) in [7, 11) is -3.51. The summed E-state index contributed by atoms with van der Waals surface area (Å²) in [6.07, 6.45) is 0. The molecule has 2 aromatic rings. The second kappa shape index (κ2) is 8.48. The summed E-state index contributed by atoms with van der Waals surface area (Å²) in [6.45, 7) is 6.35.